The molecule has 0 bridgehead atoms. The van der Waals surface area contributed by atoms with Crippen molar-refractivity contribution in [1.82, 2.24) is 0 Å². The van der Waals surface area contributed by atoms with Gasteiger partial charge in [0.05, 0.1) is 0 Å². The average molecular weight is 202 g/mol. The maximum Gasteiger partial charge on any atom is -0.00942 e. The third-order valence-corrected chi connectivity index (χ3v) is 2.07. The second kappa shape index (κ2) is 8.05. The molecule has 0 rings (SSSR count). The van der Waals surface area contributed by atoms with Gasteiger partial charge in [0.2, 0.25) is 0 Å². The van der Waals surface area contributed by atoms with Crippen molar-refractivity contribution in [1.29, 1.82) is 0 Å². The lowest BCUT2D eigenvalue weighted by Gasteiger charge is -2.08. The van der Waals surface area contributed by atoms with Crippen molar-refractivity contribution in [3.05, 3.63) is 59.8 Å². The lowest BCUT2D eigenvalue weighted by atomic mass is 9.97. The van der Waals surface area contributed by atoms with Gasteiger partial charge in [-0.25, -0.2) is 0 Å². The van der Waals surface area contributed by atoms with Crippen molar-refractivity contribution in [2.75, 3.05) is 0 Å². The van der Waals surface area contributed by atoms with Crippen molar-refractivity contribution in [2.24, 2.45) is 0 Å². The van der Waals surface area contributed by atoms with Crippen molar-refractivity contribution in [2.45, 2.75) is 34.1 Å². The van der Waals surface area contributed by atoms with E-state index >= 15 is 0 Å². The topological polar surface area (TPSA) is 0 Å². The molecule has 0 unspecified atom stereocenters. The van der Waals surface area contributed by atoms with Crippen LogP contribution in [0, 0.1) is 0 Å². The first-order chi connectivity index (χ1) is 7.17. The summed E-state index contributed by atoms with van der Waals surface area (Å²) in [6, 6.07) is 0. The molecule has 0 aromatic rings. The van der Waals surface area contributed by atoms with E-state index in [9.17, 15) is 0 Å². The third-order valence-electron chi connectivity index (χ3n) is 2.07. The number of hydrogen-bond donors (Lipinski definition) is 0. The molecule has 82 valence electrons. The van der Waals surface area contributed by atoms with Crippen LogP contribution in [-0.2, 0) is 0 Å². The zero-order valence-corrected chi connectivity index (χ0v) is 10.4. The first-order valence-electron chi connectivity index (χ1n) is 5.40. The molecule has 0 aromatic carbocycles. The Balaban J connectivity index is 5.20. The van der Waals surface area contributed by atoms with Gasteiger partial charge < -0.3 is 0 Å². The minimum atomic E-state index is 0.912. The van der Waals surface area contributed by atoms with E-state index in [1.54, 1.807) is 0 Å². The van der Waals surface area contributed by atoms with Gasteiger partial charge in [0.25, 0.3) is 0 Å². The van der Waals surface area contributed by atoms with Crippen molar-refractivity contribution < 1.29 is 0 Å². The van der Waals surface area contributed by atoms with E-state index < -0.39 is 0 Å². The van der Waals surface area contributed by atoms with Crippen molar-refractivity contribution in [3.63, 3.8) is 0 Å². The predicted octanol–water partition coefficient (Wildman–Crippen LogP) is 4.98. The maximum atomic E-state index is 3.80. The summed E-state index contributed by atoms with van der Waals surface area (Å²) in [5.41, 5.74) is 3.97. The first-order valence-corrected chi connectivity index (χ1v) is 5.40. The molecule has 0 N–H and O–H groups in total. The van der Waals surface area contributed by atoms with Gasteiger partial charge in [-0.3, -0.25) is 0 Å². The van der Waals surface area contributed by atoms with E-state index in [0.717, 1.165) is 6.42 Å². The molecular formula is C15H22. The molecule has 0 nitrogen and oxygen atoms in total. The third kappa shape index (κ3) is 5.21. The molecule has 0 aromatic heterocycles. The molecule has 0 heterocycles. The molecule has 0 aliphatic rings. The van der Waals surface area contributed by atoms with Crippen LogP contribution in [0.1, 0.15) is 34.1 Å². The summed E-state index contributed by atoms with van der Waals surface area (Å²) < 4.78 is 0. The molecule has 0 saturated heterocycles. The number of rotatable bonds is 5. The Morgan fingerprint density at radius 3 is 2.20 bits per heavy atom. The molecule has 0 atom stereocenters. The van der Waals surface area contributed by atoms with E-state index in [-0.39, 0.29) is 0 Å². The number of allylic oxidation sites excluding steroid dienone is 9. The minimum Gasteiger partial charge on any atom is -0.103 e. The fraction of sp³-hybridized carbons (Fsp3) is 0.333. The fourth-order valence-corrected chi connectivity index (χ4v) is 1.40. The second-order valence-corrected chi connectivity index (χ2v) is 3.62. The normalized spacial score (nSPS) is 12.4. The highest BCUT2D eigenvalue weighted by Crippen LogP contribution is 2.20. The van der Waals surface area contributed by atoms with Crippen molar-refractivity contribution >= 4 is 0 Å². The van der Waals surface area contributed by atoms with E-state index in [2.05, 4.69) is 44.7 Å². The molecule has 0 amide bonds. The maximum absolute atomic E-state index is 3.80. The summed E-state index contributed by atoms with van der Waals surface area (Å²) in [4.78, 5) is 0. The molecule has 0 aliphatic carbocycles. The van der Waals surface area contributed by atoms with E-state index in [1.165, 1.54) is 16.7 Å². The van der Waals surface area contributed by atoms with Gasteiger partial charge in [-0.1, -0.05) is 42.0 Å². The quantitative estimate of drug-likeness (QED) is 0.436. The summed E-state index contributed by atoms with van der Waals surface area (Å²) in [7, 11) is 0. The Kier molecular flexibility index (Phi) is 7.35. The Labute approximate surface area is 94.4 Å². The van der Waals surface area contributed by atoms with Crippen LogP contribution in [-0.4, -0.2) is 0 Å². The average Bonchev–Trinajstić information content (AvgIpc) is 2.21. The monoisotopic (exact) mass is 202 g/mol. The van der Waals surface area contributed by atoms with Gasteiger partial charge in [-0.15, -0.1) is 6.58 Å². The molecule has 0 saturated carbocycles. The SMILES string of the molecule is C=CCC(=CC=CC)C(C=CC)=C(C)C. The van der Waals surface area contributed by atoms with Gasteiger partial charge in [-0.2, -0.15) is 0 Å². The lowest BCUT2D eigenvalue weighted by Crippen LogP contribution is -1.88. The van der Waals surface area contributed by atoms with Crippen LogP contribution in [0.15, 0.2) is 59.8 Å². The van der Waals surface area contributed by atoms with E-state index in [1.807, 2.05) is 26.0 Å². The van der Waals surface area contributed by atoms with Crippen LogP contribution in [0.25, 0.3) is 0 Å². The molecule has 0 spiro atoms. The molecule has 0 heteroatoms. The highest BCUT2D eigenvalue weighted by atomic mass is 14.1. The lowest BCUT2D eigenvalue weighted by molar-refractivity contribution is 1.20. The Bertz CT molecular complexity index is 305. The van der Waals surface area contributed by atoms with Gasteiger partial charge in [0.15, 0.2) is 0 Å². The van der Waals surface area contributed by atoms with Crippen LogP contribution < -0.4 is 0 Å². The molecule has 0 aliphatic heterocycles. The Hall–Kier alpha value is -1.30. The van der Waals surface area contributed by atoms with Gasteiger partial charge in [0.1, 0.15) is 0 Å². The smallest absolute Gasteiger partial charge is 0.00942 e. The van der Waals surface area contributed by atoms with Crippen LogP contribution in [0.4, 0.5) is 0 Å². The van der Waals surface area contributed by atoms with Gasteiger partial charge in [-0.05, 0) is 45.3 Å². The van der Waals surface area contributed by atoms with Crippen LogP contribution in [0.5, 0.6) is 0 Å². The number of hydrogen-bond acceptors (Lipinski definition) is 0. The molecule has 0 fully saturated rings. The zero-order chi connectivity index (χ0) is 11.7. The van der Waals surface area contributed by atoms with E-state index in [4.69, 9.17) is 0 Å². The summed E-state index contributed by atoms with van der Waals surface area (Å²) in [6.45, 7) is 12.2. The highest BCUT2D eigenvalue weighted by Gasteiger charge is 2.00. The summed E-state index contributed by atoms with van der Waals surface area (Å²) in [5, 5.41) is 0. The second-order valence-electron chi connectivity index (χ2n) is 3.62. The summed E-state index contributed by atoms with van der Waals surface area (Å²) in [6.07, 6.45) is 13.4. The molecule has 0 radical (unpaired) electrons. The van der Waals surface area contributed by atoms with Gasteiger partial charge in [0, 0.05) is 0 Å². The Morgan fingerprint density at radius 1 is 1.13 bits per heavy atom. The van der Waals surface area contributed by atoms with Gasteiger partial charge >= 0.3 is 0 Å². The first kappa shape index (κ1) is 13.7. The predicted molar refractivity (Wildman–Crippen MR) is 70.9 cm³/mol. The summed E-state index contributed by atoms with van der Waals surface area (Å²) in [5.74, 6) is 0. The van der Waals surface area contributed by atoms with Crippen LogP contribution in [0.2, 0.25) is 0 Å². The van der Waals surface area contributed by atoms with Crippen LogP contribution >= 0.6 is 0 Å². The van der Waals surface area contributed by atoms with Crippen LogP contribution in [0.3, 0.4) is 0 Å². The standard InChI is InChI=1S/C15H22/c1-6-9-12-14(10-7-2)15(11-8-3)13(4)5/h6-9,11-12H,2,10H2,1,3-5H3. The highest BCUT2D eigenvalue weighted by molar-refractivity contribution is 5.44. The zero-order valence-electron chi connectivity index (χ0n) is 10.4. The Morgan fingerprint density at radius 2 is 1.80 bits per heavy atom. The van der Waals surface area contributed by atoms with E-state index in [0.29, 0.717) is 0 Å². The molecule has 15 heavy (non-hydrogen) atoms. The molecular weight excluding hydrogens is 180 g/mol. The summed E-state index contributed by atoms with van der Waals surface area (Å²) >= 11 is 0. The largest absolute Gasteiger partial charge is 0.103 e. The fourth-order valence-electron chi connectivity index (χ4n) is 1.40. The minimum absolute atomic E-state index is 0.912. The van der Waals surface area contributed by atoms with Crippen molar-refractivity contribution in [3.8, 4) is 0 Å².